The van der Waals surface area contributed by atoms with Gasteiger partial charge in [0.15, 0.2) is 9.84 Å². The third-order valence-corrected chi connectivity index (χ3v) is 8.16. The van der Waals surface area contributed by atoms with Gasteiger partial charge in [-0.05, 0) is 62.1 Å². The number of halogens is 7. The smallest absolute Gasteiger partial charge is 0.388 e. The second-order valence-corrected chi connectivity index (χ2v) is 10.6. The van der Waals surface area contributed by atoms with Gasteiger partial charge >= 0.3 is 12.4 Å². The highest BCUT2D eigenvalue weighted by Gasteiger charge is 2.40. The van der Waals surface area contributed by atoms with Crippen LogP contribution in [0.1, 0.15) is 47.2 Å². The van der Waals surface area contributed by atoms with Crippen LogP contribution in [0.3, 0.4) is 0 Å². The second kappa shape index (κ2) is 9.41. The molecule has 0 unspecified atom stereocenters. The highest BCUT2D eigenvalue weighted by molar-refractivity contribution is 7.92. The molecular formula is C22H20F7NO4S. The van der Waals surface area contributed by atoms with Gasteiger partial charge in [-0.2, -0.15) is 26.3 Å². The summed E-state index contributed by atoms with van der Waals surface area (Å²) in [4.78, 5) is 11.7. The molecule has 2 N–H and O–H groups in total. The van der Waals surface area contributed by atoms with Gasteiger partial charge in [0.2, 0.25) is 0 Å². The van der Waals surface area contributed by atoms with Crippen molar-refractivity contribution in [2.45, 2.75) is 53.8 Å². The minimum absolute atomic E-state index is 0.111. The number of benzene rings is 2. The average Bonchev–Trinajstić information content (AvgIpc) is 2.77. The van der Waals surface area contributed by atoms with E-state index in [2.05, 4.69) is 5.32 Å². The standard InChI is InChI=1S/C22H20F7NO4S/c23-18-5-4-13(10-17(18)22(27,28)29)19(31)30-12-20(32)8-6-15(7-9-20)35(33,34)16-3-1-2-14(11-16)21(24,25)26/h1-5,10-11,15,32H,6-9,12H2,(H,30,31). The molecule has 2 aromatic rings. The van der Waals surface area contributed by atoms with Crippen molar-refractivity contribution >= 4 is 15.7 Å². The monoisotopic (exact) mass is 527 g/mol. The molecule has 13 heteroatoms. The lowest BCUT2D eigenvalue weighted by Crippen LogP contribution is -2.47. The molecule has 35 heavy (non-hydrogen) atoms. The molecule has 0 aliphatic heterocycles. The molecular weight excluding hydrogens is 507 g/mol. The molecule has 0 heterocycles. The largest absolute Gasteiger partial charge is 0.419 e. The van der Waals surface area contributed by atoms with Crippen LogP contribution in [0.25, 0.3) is 0 Å². The van der Waals surface area contributed by atoms with Crippen molar-refractivity contribution in [3.63, 3.8) is 0 Å². The van der Waals surface area contributed by atoms with Crippen molar-refractivity contribution in [2.75, 3.05) is 6.54 Å². The number of hydrogen-bond donors (Lipinski definition) is 2. The quantitative estimate of drug-likeness (QED) is 0.551. The molecule has 3 rings (SSSR count). The molecule has 5 nitrogen and oxygen atoms in total. The highest BCUT2D eigenvalue weighted by atomic mass is 32.2. The summed E-state index contributed by atoms with van der Waals surface area (Å²) in [7, 11) is -4.13. The zero-order chi connectivity index (χ0) is 26.2. The van der Waals surface area contributed by atoms with Gasteiger partial charge in [-0.25, -0.2) is 12.8 Å². The molecule has 2 aromatic carbocycles. The Morgan fingerprint density at radius 2 is 1.63 bits per heavy atom. The van der Waals surface area contributed by atoms with E-state index in [1.54, 1.807) is 0 Å². The minimum Gasteiger partial charge on any atom is -0.388 e. The summed E-state index contributed by atoms with van der Waals surface area (Å²) in [6.45, 7) is -0.416. The van der Waals surface area contributed by atoms with Crippen LogP contribution in [0.5, 0.6) is 0 Å². The van der Waals surface area contributed by atoms with Gasteiger partial charge in [0.1, 0.15) is 5.82 Å². The molecule has 0 bridgehead atoms. The van der Waals surface area contributed by atoms with E-state index in [-0.39, 0.29) is 25.7 Å². The van der Waals surface area contributed by atoms with Gasteiger partial charge in [0.05, 0.1) is 26.9 Å². The third-order valence-electron chi connectivity index (χ3n) is 5.90. The number of nitrogens with one attached hydrogen (secondary N) is 1. The van der Waals surface area contributed by atoms with Gasteiger partial charge < -0.3 is 10.4 Å². The topological polar surface area (TPSA) is 83.5 Å². The lowest BCUT2D eigenvalue weighted by molar-refractivity contribution is -0.140. The van der Waals surface area contributed by atoms with E-state index in [9.17, 15) is 49.1 Å². The highest BCUT2D eigenvalue weighted by Crippen LogP contribution is 2.36. The second-order valence-electron chi connectivity index (χ2n) is 8.37. The van der Waals surface area contributed by atoms with E-state index in [1.807, 2.05) is 0 Å². The number of carbonyl (C=O) groups excluding carboxylic acids is 1. The summed E-state index contributed by atoms with van der Waals surface area (Å²) in [6, 6.07) is 5.04. The van der Waals surface area contributed by atoms with E-state index < -0.39 is 72.9 Å². The predicted octanol–water partition coefficient (Wildman–Crippen LogP) is 4.74. The third kappa shape index (κ3) is 6.13. The van der Waals surface area contributed by atoms with E-state index in [1.165, 1.54) is 0 Å². The zero-order valence-electron chi connectivity index (χ0n) is 17.9. The van der Waals surface area contributed by atoms with Crippen molar-refractivity contribution in [3.8, 4) is 0 Å². The molecule has 0 aromatic heterocycles. The summed E-state index contributed by atoms with van der Waals surface area (Å²) in [6.07, 6.45) is -10.2. The Morgan fingerprint density at radius 3 is 2.20 bits per heavy atom. The number of sulfone groups is 1. The fourth-order valence-electron chi connectivity index (χ4n) is 3.89. The van der Waals surface area contributed by atoms with Crippen molar-refractivity contribution in [1.82, 2.24) is 5.32 Å². The van der Waals surface area contributed by atoms with E-state index >= 15 is 0 Å². The lowest BCUT2D eigenvalue weighted by Gasteiger charge is -2.36. The summed E-state index contributed by atoms with van der Waals surface area (Å²) in [5.74, 6) is -2.55. The Hall–Kier alpha value is -2.67. The van der Waals surface area contributed by atoms with Gasteiger partial charge in [0, 0.05) is 12.1 Å². The van der Waals surface area contributed by atoms with Gasteiger partial charge in [-0.3, -0.25) is 4.79 Å². The lowest BCUT2D eigenvalue weighted by atomic mass is 9.84. The maximum atomic E-state index is 13.4. The fraction of sp³-hybridized carbons (Fsp3) is 0.409. The molecule has 0 saturated heterocycles. The van der Waals surface area contributed by atoms with Crippen molar-refractivity contribution < 1.29 is 49.1 Å². The Balaban J connectivity index is 1.65. The summed E-state index contributed by atoms with van der Waals surface area (Å²) in [5, 5.41) is 11.9. The fourth-order valence-corrected chi connectivity index (χ4v) is 5.69. The number of hydrogen-bond acceptors (Lipinski definition) is 4. The summed E-state index contributed by atoms with van der Waals surface area (Å²) in [5.41, 5.74) is -4.79. The SMILES string of the molecule is O=C(NCC1(O)CCC(S(=O)(=O)c2cccc(C(F)(F)F)c2)CC1)c1ccc(F)c(C(F)(F)F)c1. The van der Waals surface area contributed by atoms with Crippen molar-refractivity contribution in [1.29, 1.82) is 0 Å². The first-order valence-electron chi connectivity index (χ1n) is 10.3. The average molecular weight is 527 g/mol. The number of amides is 1. The zero-order valence-corrected chi connectivity index (χ0v) is 18.7. The van der Waals surface area contributed by atoms with E-state index in [0.29, 0.717) is 18.2 Å². The minimum atomic E-state index is -5.01. The maximum absolute atomic E-state index is 13.4. The van der Waals surface area contributed by atoms with Crippen LogP contribution in [0.4, 0.5) is 30.7 Å². The van der Waals surface area contributed by atoms with Crippen LogP contribution < -0.4 is 5.32 Å². The van der Waals surface area contributed by atoms with Crippen LogP contribution >= 0.6 is 0 Å². The first kappa shape index (κ1) is 26.9. The molecule has 1 fully saturated rings. The molecule has 1 saturated carbocycles. The normalized spacial score (nSPS) is 21.5. The van der Waals surface area contributed by atoms with Crippen LogP contribution in [-0.4, -0.2) is 36.8 Å². The van der Waals surface area contributed by atoms with Crippen LogP contribution in [-0.2, 0) is 22.2 Å². The molecule has 1 amide bonds. The summed E-state index contributed by atoms with van der Waals surface area (Å²) >= 11 is 0. The number of rotatable bonds is 5. The van der Waals surface area contributed by atoms with E-state index in [0.717, 1.165) is 24.3 Å². The Kier molecular flexibility index (Phi) is 7.24. The van der Waals surface area contributed by atoms with Gasteiger partial charge in [-0.15, -0.1) is 0 Å². The van der Waals surface area contributed by atoms with Gasteiger partial charge in [-0.1, -0.05) is 6.07 Å². The molecule has 1 aliphatic rings. The van der Waals surface area contributed by atoms with Crippen molar-refractivity contribution in [3.05, 3.63) is 65.0 Å². The Morgan fingerprint density at radius 1 is 1.00 bits per heavy atom. The first-order chi connectivity index (χ1) is 16.0. The van der Waals surface area contributed by atoms with Crippen LogP contribution in [0.15, 0.2) is 47.4 Å². The maximum Gasteiger partial charge on any atom is 0.419 e. The van der Waals surface area contributed by atoms with Crippen LogP contribution in [0.2, 0.25) is 0 Å². The Bertz CT molecular complexity index is 1200. The Labute approximate surface area is 195 Å². The predicted molar refractivity (Wildman–Crippen MR) is 110 cm³/mol. The molecule has 0 radical (unpaired) electrons. The number of aliphatic hydroxyl groups is 1. The molecule has 1 aliphatic carbocycles. The first-order valence-corrected chi connectivity index (χ1v) is 11.9. The van der Waals surface area contributed by atoms with Gasteiger partial charge in [0.25, 0.3) is 5.91 Å². The number of alkyl halides is 6. The molecule has 0 spiro atoms. The van der Waals surface area contributed by atoms with Crippen molar-refractivity contribution in [2.24, 2.45) is 0 Å². The molecule has 0 atom stereocenters. The molecule has 192 valence electrons. The number of carbonyl (C=O) groups is 1. The van der Waals surface area contributed by atoms with Crippen LogP contribution in [0, 0.1) is 5.82 Å². The van der Waals surface area contributed by atoms with E-state index in [4.69, 9.17) is 0 Å². The summed E-state index contributed by atoms with van der Waals surface area (Å²) < 4.78 is 116.